The lowest BCUT2D eigenvalue weighted by Crippen LogP contribution is -2.63. The lowest BCUT2D eigenvalue weighted by atomic mass is 9.63. The molecule has 0 radical (unpaired) electrons. The van der Waals surface area contributed by atoms with Crippen LogP contribution in [0.25, 0.3) is 0 Å². The molecule has 0 unspecified atom stereocenters. The van der Waals surface area contributed by atoms with Crippen molar-refractivity contribution in [3.63, 3.8) is 0 Å². The predicted octanol–water partition coefficient (Wildman–Crippen LogP) is 1.85. The molecule has 23 heavy (non-hydrogen) atoms. The van der Waals surface area contributed by atoms with Crippen LogP contribution < -0.4 is 5.43 Å². The summed E-state index contributed by atoms with van der Waals surface area (Å²) in [6.07, 6.45) is 1.26. The minimum atomic E-state index is -0.683. The Kier molecular flexibility index (Phi) is 3.25. The van der Waals surface area contributed by atoms with Crippen LogP contribution in [0.2, 0.25) is 0 Å². The van der Waals surface area contributed by atoms with E-state index >= 15 is 0 Å². The average molecular weight is 316 g/mol. The number of fused-ring (bicyclic) bond motifs is 2. The van der Waals surface area contributed by atoms with E-state index < -0.39 is 16.7 Å². The van der Waals surface area contributed by atoms with Crippen molar-refractivity contribution in [1.82, 2.24) is 10.4 Å². The van der Waals surface area contributed by atoms with Crippen molar-refractivity contribution in [3.05, 3.63) is 29.8 Å². The molecule has 1 saturated carbocycles. The van der Waals surface area contributed by atoms with Crippen LogP contribution in [0.1, 0.15) is 44.0 Å². The number of imide groups is 1. The maximum absolute atomic E-state index is 12.8. The van der Waals surface area contributed by atoms with Crippen LogP contribution >= 0.6 is 0 Å². The van der Waals surface area contributed by atoms with Gasteiger partial charge in [0.2, 0.25) is 0 Å². The Morgan fingerprint density at radius 2 is 1.91 bits per heavy atom. The topological polar surface area (TPSA) is 86.7 Å². The van der Waals surface area contributed by atoms with Crippen LogP contribution in [0, 0.1) is 16.7 Å². The summed E-state index contributed by atoms with van der Waals surface area (Å²) in [5.74, 6) is -1.93. The summed E-state index contributed by atoms with van der Waals surface area (Å²) in [6.45, 7) is 5.71. The van der Waals surface area contributed by atoms with Gasteiger partial charge in [0, 0.05) is 5.92 Å². The number of rotatable bonds is 2. The highest BCUT2D eigenvalue weighted by molar-refractivity contribution is 6.07. The Morgan fingerprint density at radius 1 is 1.26 bits per heavy atom. The summed E-state index contributed by atoms with van der Waals surface area (Å²) in [5.41, 5.74) is 1.28. The van der Waals surface area contributed by atoms with Gasteiger partial charge in [0.1, 0.15) is 5.75 Å². The first-order valence-corrected chi connectivity index (χ1v) is 7.67. The third-order valence-corrected chi connectivity index (χ3v) is 5.78. The van der Waals surface area contributed by atoms with Crippen LogP contribution in [0.3, 0.4) is 0 Å². The van der Waals surface area contributed by atoms with Crippen molar-refractivity contribution in [3.8, 4) is 5.75 Å². The fraction of sp³-hybridized carbons (Fsp3) is 0.471. The van der Waals surface area contributed by atoms with Crippen molar-refractivity contribution in [2.45, 2.75) is 33.6 Å². The minimum Gasteiger partial charge on any atom is -0.507 e. The second-order valence-corrected chi connectivity index (χ2v) is 7.08. The van der Waals surface area contributed by atoms with Crippen LogP contribution in [-0.4, -0.2) is 27.8 Å². The highest BCUT2D eigenvalue weighted by Gasteiger charge is 2.64. The molecule has 2 bridgehead atoms. The number of benzene rings is 1. The van der Waals surface area contributed by atoms with Gasteiger partial charge in [-0.25, -0.2) is 0 Å². The van der Waals surface area contributed by atoms with Crippen molar-refractivity contribution < 1.29 is 19.5 Å². The van der Waals surface area contributed by atoms with Gasteiger partial charge >= 0.3 is 0 Å². The monoisotopic (exact) mass is 316 g/mol. The summed E-state index contributed by atoms with van der Waals surface area (Å²) in [4.78, 5) is 37.7. The highest BCUT2D eigenvalue weighted by atomic mass is 16.3. The number of nitrogens with one attached hydrogen (secondary N) is 1. The molecular formula is C17H20N2O4. The second-order valence-electron chi connectivity index (χ2n) is 7.08. The number of hydrogen-bond acceptors (Lipinski definition) is 4. The number of carbonyl (C=O) groups excluding carboxylic acids is 3. The van der Waals surface area contributed by atoms with E-state index in [4.69, 9.17) is 0 Å². The highest BCUT2D eigenvalue weighted by Crippen LogP contribution is 2.59. The summed E-state index contributed by atoms with van der Waals surface area (Å²) >= 11 is 0. The number of para-hydroxylation sites is 1. The molecule has 0 spiro atoms. The summed E-state index contributed by atoms with van der Waals surface area (Å²) < 4.78 is 0. The quantitative estimate of drug-likeness (QED) is 0.815. The van der Waals surface area contributed by atoms with Crippen molar-refractivity contribution in [2.24, 2.45) is 16.7 Å². The summed E-state index contributed by atoms with van der Waals surface area (Å²) in [7, 11) is 0. The number of carbonyl (C=O) groups is 3. The van der Waals surface area contributed by atoms with Gasteiger partial charge in [-0.15, -0.1) is 0 Å². The zero-order valence-electron chi connectivity index (χ0n) is 13.4. The molecule has 1 aromatic carbocycles. The first-order valence-electron chi connectivity index (χ1n) is 7.67. The predicted molar refractivity (Wildman–Crippen MR) is 82.0 cm³/mol. The van der Waals surface area contributed by atoms with Crippen LogP contribution in [0.4, 0.5) is 0 Å². The third kappa shape index (κ3) is 1.97. The molecule has 1 aromatic rings. The second kappa shape index (κ2) is 4.81. The molecule has 2 N–H and O–H groups in total. The number of nitrogens with zero attached hydrogens (tertiary/aromatic N) is 1. The van der Waals surface area contributed by atoms with E-state index in [-0.39, 0.29) is 29.0 Å². The van der Waals surface area contributed by atoms with Gasteiger partial charge in [0.05, 0.1) is 11.0 Å². The van der Waals surface area contributed by atoms with E-state index in [9.17, 15) is 19.5 Å². The Labute approximate surface area is 134 Å². The van der Waals surface area contributed by atoms with Crippen molar-refractivity contribution in [1.29, 1.82) is 0 Å². The lowest BCUT2D eigenvalue weighted by molar-refractivity contribution is -0.171. The Bertz CT molecular complexity index is 712. The molecule has 0 aromatic heterocycles. The molecule has 1 aliphatic heterocycles. The lowest BCUT2D eigenvalue weighted by Gasteiger charge is -2.47. The molecule has 6 heteroatoms. The fourth-order valence-electron chi connectivity index (χ4n) is 3.75. The number of phenolic OH excluding ortho intramolecular Hbond substituents is 1. The number of aromatic hydroxyl groups is 1. The first-order chi connectivity index (χ1) is 10.7. The number of piperidine rings is 1. The van der Waals surface area contributed by atoms with Gasteiger partial charge in [-0.1, -0.05) is 32.9 Å². The van der Waals surface area contributed by atoms with E-state index in [0.717, 1.165) is 5.01 Å². The maximum Gasteiger partial charge on any atom is 0.274 e. The number of amides is 3. The van der Waals surface area contributed by atoms with Gasteiger partial charge in [0.25, 0.3) is 17.7 Å². The van der Waals surface area contributed by atoms with Gasteiger partial charge in [-0.05, 0) is 30.4 Å². The van der Waals surface area contributed by atoms with Gasteiger partial charge in [0.15, 0.2) is 0 Å². The van der Waals surface area contributed by atoms with E-state index in [2.05, 4.69) is 5.43 Å². The normalized spacial score (nSPS) is 28.8. The standard InChI is InChI=1S/C17H20N2O4/c1-16(2)11-8-9-17(16,3)15(23)19(14(11)22)18-13(21)10-6-4-5-7-12(10)20/h4-7,11,20H,8-9H2,1-3H3,(H,18,21)/t11-,17-/m1/s1. The molecule has 1 heterocycles. The van der Waals surface area contributed by atoms with Crippen LogP contribution in [-0.2, 0) is 9.59 Å². The van der Waals surface area contributed by atoms with Crippen molar-refractivity contribution in [2.75, 3.05) is 0 Å². The SMILES string of the molecule is CC1(C)[C@@H]2CC[C@]1(C)C(=O)N(NC(=O)c1ccccc1O)C2=O. The Hall–Kier alpha value is -2.37. The molecule has 2 aliphatic rings. The van der Waals surface area contributed by atoms with E-state index in [1.165, 1.54) is 12.1 Å². The average Bonchev–Trinajstić information content (AvgIpc) is 2.69. The van der Waals surface area contributed by atoms with Gasteiger partial charge in [-0.2, -0.15) is 5.01 Å². The maximum atomic E-state index is 12.8. The van der Waals surface area contributed by atoms with Crippen molar-refractivity contribution >= 4 is 17.7 Å². The van der Waals surface area contributed by atoms with E-state index in [0.29, 0.717) is 12.8 Å². The number of hydrogen-bond donors (Lipinski definition) is 2. The van der Waals surface area contributed by atoms with Crippen LogP contribution in [0.5, 0.6) is 5.75 Å². The Morgan fingerprint density at radius 3 is 2.57 bits per heavy atom. The molecule has 1 saturated heterocycles. The number of phenols is 1. The zero-order chi connectivity index (χ0) is 17.0. The summed E-state index contributed by atoms with van der Waals surface area (Å²) in [6, 6.07) is 6.00. The Balaban J connectivity index is 1.90. The van der Waals surface area contributed by atoms with E-state index in [1.807, 2.05) is 20.8 Å². The summed E-state index contributed by atoms with van der Waals surface area (Å²) in [5, 5.41) is 10.6. The minimum absolute atomic E-state index is 0.0235. The first kappa shape index (κ1) is 15.5. The molecule has 3 rings (SSSR count). The fourth-order valence-corrected chi connectivity index (χ4v) is 3.75. The third-order valence-electron chi connectivity index (χ3n) is 5.78. The smallest absolute Gasteiger partial charge is 0.274 e. The molecular weight excluding hydrogens is 296 g/mol. The van der Waals surface area contributed by atoms with Gasteiger partial charge in [-0.3, -0.25) is 19.8 Å². The van der Waals surface area contributed by atoms with E-state index in [1.54, 1.807) is 12.1 Å². The molecule has 2 fully saturated rings. The number of hydrazine groups is 1. The van der Waals surface area contributed by atoms with Crippen LogP contribution in [0.15, 0.2) is 24.3 Å². The molecule has 122 valence electrons. The zero-order valence-corrected chi connectivity index (χ0v) is 13.4. The molecule has 6 nitrogen and oxygen atoms in total. The molecule has 1 aliphatic carbocycles. The molecule has 3 amide bonds. The largest absolute Gasteiger partial charge is 0.507 e. The molecule has 2 atom stereocenters. The van der Waals surface area contributed by atoms with Gasteiger partial charge < -0.3 is 5.11 Å².